The third-order valence-corrected chi connectivity index (χ3v) is 7.52. The minimum atomic E-state index is -3.64. The molecule has 1 aromatic carbocycles. The van der Waals surface area contributed by atoms with Crippen molar-refractivity contribution in [3.8, 4) is 0 Å². The van der Waals surface area contributed by atoms with E-state index in [4.69, 9.17) is 0 Å². The Labute approximate surface area is 153 Å². The molecule has 0 spiro atoms. The molecule has 1 saturated carbocycles. The fourth-order valence-corrected chi connectivity index (χ4v) is 5.68. The fourth-order valence-electron chi connectivity index (χ4n) is 3.52. The van der Waals surface area contributed by atoms with Gasteiger partial charge in [0.25, 0.3) is 0 Å². The number of Topliss-reactive ketones (excluding diaryl/α,β-unsaturated/α-hetero) is 1. The molecule has 25 heavy (non-hydrogen) atoms. The summed E-state index contributed by atoms with van der Waals surface area (Å²) in [6.45, 7) is 1.84. The van der Waals surface area contributed by atoms with Crippen LogP contribution in [0.1, 0.15) is 54.3 Å². The molecule has 1 aliphatic carbocycles. The Hall–Kier alpha value is -1.50. The van der Waals surface area contributed by atoms with Crippen LogP contribution in [0, 0.1) is 0 Å². The molecule has 0 aliphatic heterocycles. The van der Waals surface area contributed by atoms with Crippen LogP contribution in [0.25, 0.3) is 0 Å². The van der Waals surface area contributed by atoms with Crippen LogP contribution < -0.4 is 4.72 Å². The summed E-state index contributed by atoms with van der Waals surface area (Å²) in [4.78, 5) is 12.9. The molecule has 1 aliphatic rings. The van der Waals surface area contributed by atoms with Crippen molar-refractivity contribution < 1.29 is 13.2 Å². The van der Waals surface area contributed by atoms with Gasteiger partial charge in [-0.05, 0) is 43.3 Å². The predicted molar refractivity (Wildman–Crippen MR) is 101 cm³/mol. The number of ketones is 1. The minimum Gasteiger partial charge on any atom is -0.295 e. The van der Waals surface area contributed by atoms with Gasteiger partial charge in [-0.1, -0.05) is 37.5 Å². The molecule has 1 fully saturated rings. The Morgan fingerprint density at radius 2 is 1.92 bits per heavy atom. The second-order valence-corrected chi connectivity index (χ2v) is 9.44. The van der Waals surface area contributed by atoms with Crippen molar-refractivity contribution in [1.29, 1.82) is 0 Å². The summed E-state index contributed by atoms with van der Waals surface area (Å²) in [6, 6.07) is 10.4. The molecule has 0 radical (unpaired) electrons. The summed E-state index contributed by atoms with van der Waals surface area (Å²) in [5.74, 6) is -0.139. The van der Waals surface area contributed by atoms with Gasteiger partial charge < -0.3 is 0 Å². The Morgan fingerprint density at radius 3 is 2.56 bits per heavy atom. The molecule has 0 atom stereocenters. The summed E-state index contributed by atoms with van der Waals surface area (Å²) in [6.07, 6.45) is 5.46. The number of hydrogen-bond acceptors (Lipinski definition) is 4. The summed E-state index contributed by atoms with van der Waals surface area (Å²) >= 11 is 1.70. The van der Waals surface area contributed by atoms with Crippen molar-refractivity contribution in [3.05, 3.63) is 52.2 Å². The molecular formula is C19H23NO3S2. The SMILES string of the molecule is CC(=O)c1cccc(S(=O)(=O)NCC2(c3cccs3)CCCCC2)c1. The Kier molecular flexibility index (Phi) is 5.41. The highest BCUT2D eigenvalue weighted by Gasteiger charge is 2.36. The van der Waals surface area contributed by atoms with Gasteiger partial charge in [0.15, 0.2) is 5.78 Å². The van der Waals surface area contributed by atoms with Crippen LogP contribution in [0.5, 0.6) is 0 Å². The first-order valence-electron chi connectivity index (χ1n) is 8.58. The quantitative estimate of drug-likeness (QED) is 0.770. The van der Waals surface area contributed by atoms with Gasteiger partial charge in [0.1, 0.15) is 0 Å². The van der Waals surface area contributed by atoms with Gasteiger partial charge in [-0.2, -0.15) is 0 Å². The van der Waals surface area contributed by atoms with Crippen LogP contribution in [0.15, 0.2) is 46.7 Å². The van der Waals surface area contributed by atoms with E-state index in [1.54, 1.807) is 23.5 Å². The van der Waals surface area contributed by atoms with Crippen LogP contribution in [0.3, 0.4) is 0 Å². The van der Waals surface area contributed by atoms with Crippen molar-refractivity contribution in [1.82, 2.24) is 4.72 Å². The molecule has 0 bridgehead atoms. The van der Waals surface area contributed by atoms with Crippen LogP contribution in [-0.4, -0.2) is 20.7 Å². The summed E-state index contributed by atoms with van der Waals surface area (Å²) < 4.78 is 28.3. The van der Waals surface area contributed by atoms with E-state index in [0.717, 1.165) is 25.7 Å². The second-order valence-electron chi connectivity index (χ2n) is 6.73. The molecule has 3 rings (SSSR count). The zero-order valence-corrected chi connectivity index (χ0v) is 16.0. The summed E-state index contributed by atoms with van der Waals surface area (Å²) in [5, 5.41) is 2.05. The lowest BCUT2D eigenvalue weighted by atomic mass is 9.73. The van der Waals surface area contributed by atoms with E-state index in [9.17, 15) is 13.2 Å². The van der Waals surface area contributed by atoms with Crippen LogP contribution in [0.4, 0.5) is 0 Å². The molecule has 1 aromatic heterocycles. The number of carbonyl (C=O) groups excluding carboxylic acids is 1. The molecule has 1 heterocycles. The molecular weight excluding hydrogens is 354 g/mol. The van der Waals surface area contributed by atoms with Crippen molar-refractivity contribution in [2.24, 2.45) is 0 Å². The first-order chi connectivity index (χ1) is 11.9. The zero-order valence-electron chi connectivity index (χ0n) is 14.3. The average Bonchev–Trinajstić information content (AvgIpc) is 3.16. The largest absolute Gasteiger partial charge is 0.295 e. The Morgan fingerprint density at radius 1 is 1.16 bits per heavy atom. The van der Waals surface area contributed by atoms with Crippen LogP contribution in [-0.2, 0) is 15.4 Å². The number of hydrogen-bond donors (Lipinski definition) is 1. The molecule has 0 saturated heterocycles. The Balaban J connectivity index is 1.83. The lowest BCUT2D eigenvalue weighted by Gasteiger charge is -2.36. The first kappa shape index (κ1) is 18.3. The van der Waals surface area contributed by atoms with E-state index in [1.165, 1.54) is 30.4 Å². The highest BCUT2D eigenvalue weighted by Crippen LogP contribution is 2.41. The minimum absolute atomic E-state index is 0.113. The molecule has 134 valence electrons. The molecule has 6 heteroatoms. The monoisotopic (exact) mass is 377 g/mol. The van der Waals surface area contributed by atoms with E-state index in [0.29, 0.717) is 12.1 Å². The van der Waals surface area contributed by atoms with Gasteiger partial charge in [0.05, 0.1) is 4.90 Å². The maximum atomic E-state index is 12.7. The highest BCUT2D eigenvalue weighted by atomic mass is 32.2. The summed E-state index contributed by atoms with van der Waals surface area (Å²) in [7, 11) is -3.64. The summed E-state index contributed by atoms with van der Waals surface area (Å²) in [5.41, 5.74) is 0.297. The number of nitrogens with one attached hydrogen (secondary N) is 1. The van der Waals surface area contributed by atoms with Crippen molar-refractivity contribution in [2.75, 3.05) is 6.54 Å². The van der Waals surface area contributed by atoms with Gasteiger partial charge in [0, 0.05) is 22.4 Å². The lowest BCUT2D eigenvalue weighted by Crippen LogP contribution is -2.41. The molecule has 1 N–H and O–H groups in total. The third kappa shape index (κ3) is 4.02. The van der Waals surface area contributed by atoms with Gasteiger partial charge in [-0.15, -0.1) is 11.3 Å². The maximum Gasteiger partial charge on any atom is 0.240 e. The van der Waals surface area contributed by atoms with Crippen molar-refractivity contribution >= 4 is 27.1 Å². The molecule has 0 unspecified atom stereocenters. The molecule has 4 nitrogen and oxygen atoms in total. The van der Waals surface area contributed by atoms with Crippen LogP contribution in [0.2, 0.25) is 0 Å². The zero-order chi connectivity index (χ0) is 17.9. The standard InChI is InChI=1S/C19H23NO3S2/c1-15(21)16-7-5-8-17(13-16)25(22,23)20-14-19(10-3-2-4-11-19)18-9-6-12-24-18/h5-9,12-13,20H,2-4,10-11,14H2,1H3. The number of rotatable bonds is 6. The van der Waals surface area contributed by atoms with Gasteiger partial charge in [-0.3, -0.25) is 4.79 Å². The van der Waals surface area contributed by atoms with Crippen molar-refractivity contribution in [2.45, 2.75) is 49.3 Å². The van der Waals surface area contributed by atoms with E-state index in [2.05, 4.69) is 16.2 Å². The maximum absolute atomic E-state index is 12.7. The molecule has 0 amide bonds. The molecule has 2 aromatic rings. The van der Waals surface area contributed by atoms with E-state index >= 15 is 0 Å². The van der Waals surface area contributed by atoms with Gasteiger partial charge in [0.2, 0.25) is 10.0 Å². The number of thiophene rings is 1. The fraction of sp³-hybridized carbons (Fsp3) is 0.421. The Bertz CT molecular complexity index is 835. The highest BCUT2D eigenvalue weighted by molar-refractivity contribution is 7.89. The van der Waals surface area contributed by atoms with E-state index < -0.39 is 10.0 Å². The average molecular weight is 378 g/mol. The topological polar surface area (TPSA) is 63.2 Å². The second kappa shape index (κ2) is 7.40. The normalized spacial score (nSPS) is 17.3. The van der Waals surface area contributed by atoms with Crippen LogP contribution >= 0.6 is 11.3 Å². The van der Waals surface area contributed by atoms with Gasteiger partial charge in [-0.25, -0.2) is 13.1 Å². The third-order valence-electron chi connectivity index (χ3n) is 5.01. The first-order valence-corrected chi connectivity index (χ1v) is 10.9. The number of carbonyl (C=O) groups is 1. The van der Waals surface area contributed by atoms with E-state index in [-0.39, 0.29) is 16.1 Å². The predicted octanol–water partition coefficient (Wildman–Crippen LogP) is 4.13. The van der Waals surface area contributed by atoms with Gasteiger partial charge >= 0.3 is 0 Å². The van der Waals surface area contributed by atoms with E-state index in [1.807, 2.05) is 6.07 Å². The number of benzene rings is 1. The van der Waals surface area contributed by atoms with Crippen molar-refractivity contribution in [3.63, 3.8) is 0 Å². The number of sulfonamides is 1. The lowest BCUT2D eigenvalue weighted by molar-refractivity contribution is 0.101. The smallest absolute Gasteiger partial charge is 0.240 e.